The molecule has 2 aliphatic heterocycles. The van der Waals surface area contributed by atoms with E-state index in [1.807, 2.05) is 14.1 Å². The Bertz CT molecular complexity index is 1210. The van der Waals surface area contributed by atoms with Gasteiger partial charge in [0, 0.05) is 30.9 Å². The van der Waals surface area contributed by atoms with Gasteiger partial charge in [-0.2, -0.15) is 4.31 Å². The number of sulfonamides is 1. The molecule has 0 bridgehead atoms. The standard InChI is InChI=1S/C25H32N4O6S/c1-18-25(31)29(12-4-11-27(2)3)22-17-20(7-10-23(22)35-18)26-24(30)19-5-8-21(9-6-19)36(32,33)28-13-15-34-16-14-28/h5-10,17-18H,4,11-16H2,1-3H3,(H,26,30). The molecule has 2 aliphatic rings. The van der Waals surface area contributed by atoms with Gasteiger partial charge in [0.1, 0.15) is 5.75 Å². The molecule has 1 atom stereocenters. The summed E-state index contributed by atoms with van der Waals surface area (Å²) < 4.78 is 38.0. The third-order valence-electron chi connectivity index (χ3n) is 6.14. The molecule has 0 saturated carbocycles. The number of hydrogen-bond acceptors (Lipinski definition) is 7. The maximum Gasteiger partial charge on any atom is 0.267 e. The first kappa shape index (κ1) is 26.1. The summed E-state index contributed by atoms with van der Waals surface area (Å²) in [6.07, 6.45) is 0.214. The molecule has 4 rings (SSSR count). The maximum absolute atomic E-state index is 12.9. The number of carbonyl (C=O) groups excluding carboxylic acids is 2. The molecule has 2 aromatic carbocycles. The zero-order valence-corrected chi connectivity index (χ0v) is 21.6. The first-order valence-corrected chi connectivity index (χ1v) is 13.4. The topological polar surface area (TPSA) is 108 Å². The number of ether oxygens (including phenoxy) is 2. The van der Waals surface area contributed by atoms with Crippen LogP contribution in [0.1, 0.15) is 23.7 Å². The van der Waals surface area contributed by atoms with Crippen molar-refractivity contribution in [2.24, 2.45) is 0 Å². The Morgan fingerprint density at radius 2 is 1.81 bits per heavy atom. The van der Waals surface area contributed by atoms with Crippen molar-refractivity contribution in [1.29, 1.82) is 0 Å². The van der Waals surface area contributed by atoms with Crippen LogP contribution in [-0.4, -0.2) is 89.0 Å². The molecule has 0 radical (unpaired) electrons. The lowest BCUT2D eigenvalue weighted by molar-refractivity contribution is -0.125. The molecular weight excluding hydrogens is 484 g/mol. The Labute approximate surface area is 211 Å². The van der Waals surface area contributed by atoms with Gasteiger partial charge in [0.25, 0.3) is 11.8 Å². The molecule has 2 heterocycles. The lowest BCUT2D eigenvalue weighted by Gasteiger charge is -2.33. The number of nitrogens with zero attached hydrogens (tertiary/aromatic N) is 3. The van der Waals surface area contributed by atoms with Crippen LogP contribution in [0.5, 0.6) is 5.75 Å². The smallest absolute Gasteiger partial charge is 0.267 e. The predicted molar refractivity (Wildman–Crippen MR) is 136 cm³/mol. The van der Waals surface area contributed by atoms with Crippen LogP contribution in [0.2, 0.25) is 0 Å². The Hall–Kier alpha value is -2.99. The number of fused-ring (bicyclic) bond motifs is 1. The summed E-state index contributed by atoms with van der Waals surface area (Å²) >= 11 is 0. The van der Waals surface area contributed by atoms with Crippen molar-refractivity contribution in [3.63, 3.8) is 0 Å². The first-order chi connectivity index (χ1) is 17.2. The summed E-state index contributed by atoms with van der Waals surface area (Å²) in [4.78, 5) is 29.6. The average molecular weight is 517 g/mol. The van der Waals surface area contributed by atoms with Crippen LogP contribution in [0.15, 0.2) is 47.4 Å². The van der Waals surface area contributed by atoms with Gasteiger partial charge in [0.2, 0.25) is 10.0 Å². The lowest BCUT2D eigenvalue weighted by atomic mass is 10.1. The number of anilines is 2. The van der Waals surface area contributed by atoms with Gasteiger partial charge >= 0.3 is 0 Å². The number of morpholine rings is 1. The van der Waals surface area contributed by atoms with Crippen LogP contribution >= 0.6 is 0 Å². The highest BCUT2D eigenvalue weighted by Crippen LogP contribution is 2.36. The summed E-state index contributed by atoms with van der Waals surface area (Å²) in [5, 5.41) is 2.83. The minimum Gasteiger partial charge on any atom is -0.479 e. The van der Waals surface area contributed by atoms with E-state index in [2.05, 4.69) is 10.2 Å². The largest absolute Gasteiger partial charge is 0.479 e. The van der Waals surface area contributed by atoms with E-state index in [1.54, 1.807) is 30.0 Å². The zero-order valence-electron chi connectivity index (χ0n) is 20.8. The summed E-state index contributed by atoms with van der Waals surface area (Å²) in [7, 11) is 0.329. The molecule has 10 nitrogen and oxygen atoms in total. The molecular formula is C25H32N4O6S. The molecule has 1 unspecified atom stereocenters. The molecule has 2 aromatic rings. The monoisotopic (exact) mass is 516 g/mol. The minimum absolute atomic E-state index is 0.123. The van der Waals surface area contributed by atoms with Crippen LogP contribution in [-0.2, 0) is 19.6 Å². The van der Waals surface area contributed by atoms with Crippen LogP contribution in [0.25, 0.3) is 0 Å². The van der Waals surface area contributed by atoms with Gasteiger partial charge in [0.15, 0.2) is 6.10 Å². The number of amides is 2. The molecule has 194 valence electrons. The van der Waals surface area contributed by atoms with Gasteiger partial charge in [-0.1, -0.05) is 0 Å². The fraction of sp³-hybridized carbons (Fsp3) is 0.440. The number of nitrogens with one attached hydrogen (secondary N) is 1. The molecule has 36 heavy (non-hydrogen) atoms. The fourth-order valence-electron chi connectivity index (χ4n) is 4.18. The second-order valence-electron chi connectivity index (χ2n) is 9.08. The molecule has 0 spiro atoms. The maximum atomic E-state index is 12.9. The molecule has 1 saturated heterocycles. The van der Waals surface area contributed by atoms with Gasteiger partial charge < -0.3 is 24.6 Å². The van der Waals surface area contributed by atoms with Gasteiger partial charge in [-0.25, -0.2) is 8.42 Å². The van der Waals surface area contributed by atoms with E-state index in [-0.39, 0.29) is 16.7 Å². The normalized spacial score (nSPS) is 18.6. The van der Waals surface area contributed by atoms with Crippen molar-refractivity contribution in [3.05, 3.63) is 48.0 Å². The molecule has 1 N–H and O–H groups in total. The van der Waals surface area contributed by atoms with E-state index in [4.69, 9.17) is 9.47 Å². The second-order valence-corrected chi connectivity index (χ2v) is 11.0. The van der Waals surface area contributed by atoms with Crippen LogP contribution in [0.4, 0.5) is 11.4 Å². The molecule has 0 aliphatic carbocycles. The van der Waals surface area contributed by atoms with Gasteiger partial charge in [0.05, 0.1) is 23.8 Å². The van der Waals surface area contributed by atoms with E-state index in [0.717, 1.165) is 13.0 Å². The molecule has 1 fully saturated rings. The number of carbonyl (C=O) groups is 2. The summed E-state index contributed by atoms with van der Waals surface area (Å²) in [5.74, 6) is 0.0743. The zero-order chi connectivity index (χ0) is 25.9. The van der Waals surface area contributed by atoms with E-state index < -0.39 is 16.1 Å². The Balaban J connectivity index is 1.48. The number of hydrogen-bond donors (Lipinski definition) is 1. The Morgan fingerprint density at radius 1 is 1.11 bits per heavy atom. The van der Waals surface area contributed by atoms with Gasteiger partial charge in [-0.05, 0) is 76.4 Å². The quantitative estimate of drug-likeness (QED) is 0.572. The van der Waals surface area contributed by atoms with E-state index in [9.17, 15) is 18.0 Å². The van der Waals surface area contributed by atoms with Crippen molar-refractivity contribution >= 4 is 33.2 Å². The molecule has 0 aromatic heterocycles. The van der Waals surface area contributed by atoms with Crippen LogP contribution < -0.4 is 15.0 Å². The van der Waals surface area contributed by atoms with Crippen LogP contribution in [0, 0.1) is 0 Å². The Kier molecular flexibility index (Phi) is 7.94. The van der Waals surface area contributed by atoms with Crippen molar-refractivity contribution in [3.8, 4) is 5.75 Å². The average Bonchev–Trinajstić information content (AvgIpc) is 2.87. The molecule has 2 amide bonds. The summed E-state index contributed by atoms with van der Waals surface area (Å²) in [6.45, 7) is 4.44. The van der Waals surface area contributed by atoms with Crippen molar-refractivity contribution in [2.75, 3.05) is 63.7 Å². The van der Waals surface area contributed by atoms with Gasteiger partial charge in [-0.3, -0.25) is 9.59 Å². The second kappa shape index (κ2) is 11.0. The van der Waals surface area contributed by atoms with E-state index >= 15 is 0 Å². The predicted octanol–water partition coefficient (Wildman–Crippen LogP) is 2.03. The van der Waals surface area contributed by atoms with Crippen molar-refractivity contribution < 1.29 is 27.5 Å². The summed E-state index contributed by atoms with van der Waals surface area (Å²) in [5.41, 5.74) is 1.44. The first-order valence-electron chi connectivity index (χ1n) is 11.9. The summed E-state index contributed by atoms with van der Waals surface area (Å²) in [6, 6.07) is 11.0. The number of benzene rings is 2. The lowest BCUT2D eigenvalue weighted by Crippen LogP contribution is -2.45. The highest BCUT2D eigenvalue weighted by molar-refractivity contribution is 7.89. The fourth-order valence-corrected chi connectivity index (χ4v) is 5.59. The van der Waals surface area contributed by atoms with E-state index in [0.29, 0.717) is 55.5 Å². The van der Waals surface area contributed by atoms with Gasteiger partial charge in [-0.15, -0.1) is 0 Å². The number of rotatable bonds is 8. The molecule has 11 heteroatoms. The minimum atomic E-state index is -3.64. The van der Waals surface area contributed by atoms with E-state index in [1.165, 1.54) is 28.6 Å². The van der Waals surface area contributed by atoms with Crippen molar-refractivity contribution in [1.82, 2.24) is 9.21 Å². The highest BCUT2D eigenvalue weighted by Gasteiger charge is 2.31. The third-order valence-corrected chi connectivity index (χ3v) is 8.05. The van der Waals surface area contributed by atoms with Crippen LogP contribution in [0.3, 0.4) is 0 Å². The van der Waals surface area contributed by atoms with Crippen molar-refractivity contribution in [2.45, 2.75) is 24.3 Å². The SMILES string of the molecule is CC1Oc2ccc(NC(=O)c3ccc(S(=O)(=O)N4CCOCC4)cc3)cc2N(CCCN(C)C)C1=O. The highest BCUT2D eigenvalue weighted by atomic mass is 32.2. The third kappa shape index (κ3) is 5.70. The Morgan fingerprint density at radius 3 is 2.47 bits per heavy atom.